The Hall–Kier alpha value is -2.71. The summed E-state index contributed by atoms with van der Waals surface area (Å²) in [4.78, 5) is 19.4. The first-order valence-electron chi connectivity index (χ1n) is 10.6. The van der Waals surface area contributed by atoms with Crippen molar-refractivity contribution in [1.82, 2.24) is 19.9 Å². The SMILES string of the molecule is C[C@@H]1CN(c2cnn(Cc3c(-c4ccc(Cl)cn4)noc3C3CC3)c(=O)c2)C[C@H](C)O1. The predicted octanol–water partition coefficient (Wildman–Crippen LogP) is 3.49. The third kappa shape index (κ3) is 4.22. The van der Waals surface area contributed by atoms with Crippen LogP contribution in [-0.2, 0) is 11.3 Å². The lowest BCUT2D eigenvalue weighted by Gasteiger charge is -2.36. The van der Waals surface area contributed by atoms with E-state index in [1.54, 1.807) is 30.6 Å². The molecular weight excluding hydrogens is 418 g/mol. The smallest absolute Gasteiger partial charge is 0.269 e. The van der Waals surface area contributed by atoms with Crippen molar-refractivity contribution >= 4 is 17.3 Å². The molecule has 8 nitrogen and oxygen atoms in total. The van der Waals surface area contributed by atoms with E-state index in [2.05, 4.69) is 20.1 Å². The molecule has 3 aromatic rings. The average Bonchev–Trinajstić information content (AvgIpc) is 3.50. The summed E-state index contributed by atoms with van der Waals surface area (Å²) in [5, 5.41) is 9.28. The van der Waals surface area contributed by atoms with Crippen LogP contribution >= 0.6 is 11.6 Å². The first kappa shape index (κ1) is 20.2. The van der Waals surface area contributed by atoms with Gasteiger partial charge in [0.25, 0.3) is 5.56 Å². The van der Waals surface area contributed by atoms with Gasteiger partial charge in [-0.1, -0.05) is 16.8 Å². The Morgan fingerprint density at radius 3 is 2.58 bits per heavy atom. The van der Waals surface area contributed by atoms with Crippen LogP contribution in [0.25, 0.3) is 11.4 Å². The van der Waals surface area contributed by atoms with Crippen LogP contribution in [0.4, 0.5) is 5.69 Å². The first-order valence-corrected chi connectivity index (χ1v) is 10.9. The molecule has 5 rings (SSSR count). The Kier molecular flexibility index (Phi) is 5.27. The standard InChI is InChI=1S/C22H24ClN5O3/c1-13-10-27(11-14(2)30-13)17-7-20(29)28(25-9-17)12-18-21(19-6-5-16(23)8-24-19)26-31-22(18)15-3-4-15/h5-9,13-15H,3-4,10-12H2,1-2H3/t13-,14+. The Morgan fingerprint density at radius 1 is 1.16 bits per heavy atom. The normalized spacial score (nSPS) is 21.5. The summed E-state index contributed by atoms with van der Waals surface area (Å²) in [5.41, 5.74) is 2.80. The van der Waals surface area contributed by atoms with E-state index < -0.39 is 0 Å². The zero-order valence-electron chi connectivity index (χ0n) is 17.5. The lowest BCUT2D eigenvalue weighted by molar-refractivity contribution is -0.00525. The van der Waals surface area contributed by atoms with Gasteiger partial charge in [-0.3, -0.25) is 9.78 Å². The molecule has 2 fully saturated rings. The third-order valence-electron chi connectivity index (χ3n) is 5.68. The molecule has 0 radical (unpaired) electrons. The van der Waals surface area contributed by atoms with Gasteiger partial charge in [-0.15, -0.1) is 0 Å². The van der Waals surface area contributed by atoms with Crippen molar-refractivity contribution in [2.45, 2.75) is 51.4 Å². The van der Waals surface area contributed by atoms with Gasteiger partial charge in [0.15, 0.2) is 0 Å². The monoisotopic (exact) mass is 441 g/mol. The van der Waals surface area contributed by atoms with E-state index >= 15 is 0 Å². The molecule has 1 aliphatic heterocycles. The second kappa shape index (κ2) is 8.09. The minimum absolute atomic E-state index is 0.110. The topological polar surface area (TPSA) is 86.3 Å². The number of nitrogens with zero attached hydrogens (tertiary/aromatic N) is 5. The number of aromatic nitrogens is 4. The molecule has 0 aromatic carbocycles. The fraction of sp³-hybridized carbons (Fsp3) is 0.455. The average molecular weight is 442 g/mol. The predicted molar refractivity (Wildman–Crippen MR) is 117 cm³/mol. The van der Waals surface area contributed by atoms with E-state index in [1.807, 2.05) is 13.8 Å². The van der Waals surface area contributed by atoms with Crippen LogP contribution < -0.4 is 10.5 Å². The lowest BCUT2D eigenvalue weighted by Crippen LogP contribution is -2.46. The van der Waals surface area contributed by atoms with Crippen molar-refractivity contribution < 1.29 is 9.26 Å². The lowest BCUT2D eigenvalue weighted by atomic mass is 10.1. The molecule has 0 amide bonds. The van der Waals surface area contributed by atoms with Gasteiger partial charge >= 0.3 is 0 Å². The van der Waals surface area contributed by atoms with Gasteiger partial charge in [-0.2, -0.15) is 5.10 Å². The number of pyridine rings is 1. The van der Waals surface area contributed by atoms with Crippen LogP contribution in [0.15, 0.2) is 39.9 Å². The molecule has 1 aliphatic carbocycles. The highest BCUT2D eigenvalue weighted by Crippen LogP contribution is 2.44. The van der Waals surface area contributed by atoms with Crippen LogP contribution in [0.1, 0.15) is 43.9 Å². The van der Waals surface area contributed by atoms with E-state index in [0.29, 0.717) is 22.3 Å². The van der Waals surface area contributed by atoms with E-state index in [4.69, 9.17) is 20.9 Å². The molecule has 9 heteroatoms. The minimum Gasteiger partial charge on any atom is -0.372 e. The molecule has 0 N–H and O–H groups in total. The van der Waals surface area contributed by atoms with Crippen molar-refractivity contribution in [3.05, 3.63) is 57.3 Å². The van der Waals surface area contributed by atoms with Gasteiger partial charge in [0.05, 0.1) is 41.4 Å². The van der Waals surface area contributed by atoms with Crippen LogP contribution in [0.5, 0.6) is 0 Å². The maximum atomic E-state index is 12.9. The molecular formula is C22H24ClN5O3. The summed E-state index contributed by atoms with van der Waals surface area (Å²) in [6.45, 7) is 5.83. The van der Waals surface area contributed by atoms with Crippen molar-refractivity contribution in [1.29, 1.82) is 0 Å². The van der Waals surface area contributed by atoms with E-state index in [-0.39, 0.29) is 24.3 Å². The summed E-state index contributed by atoms with van der Waals surface area (Å²) >= 11 is 5.98. The molecule has 31 heavy (non-hydrogen) atoms. The Balaban J connectivity index is 1.45. The second-order valence-corrected chi connectivity index (χ2v) is 8.82. The maximum Gasteiger partial charge on any atom is 0.269 e. The summed E-state index contributed by atoms with van der Waals surface area (Å²) in [5.74, 6) is 1.16. The van der Waals surface area contributed by atoms with Crippen LogP contribution in [0.2, 0.25) is 5.02 Å². The summed E-state index contributed by atoms with van der Waals surface area (Å²) in [6.07, 6.45) is 5.67. The van der Waals surface area contributed by atoms with Crippen molar-refractivity contribution in [2.24, 2.45) is 0 Å². The van der Waals surface area contributed by atoms with Crippen molar-refractivity contribution in [3.8, 4) is 11.4 Å². The van der Waals surface area contributed by atoms with Gasteiger partial charge in [-0.05, 0) is 38.8 Å². The summed E-state index contributed by atoms with van der Waals surface area (Å²) < 4.78 is 12.9. The molecule has 4 heterocycles. The zero-order chi connectivity index (χ0) is 21.5. The molecule has 0 spiro atoms. The fourth-order valence-corrected chi connectivity index (χ4v) is 4.22. The third-order valence-corrected chi connectivity index (χ3v) is 5.91. The molecule has 2 aliphatic rings. The summed E-state index contributed by atoms with van der Waals surface area (Å²) in [6, 6.07) is 5.21. The van der Waals surface area contributed by atoms with Crippen LogP contribution in [0, 0.1) is 0 Å². The van der Waals surface area contributed by atoms with Crippen LogP contribution in [-0.4, -0.2) is 45.2 Å². The Labute approximate surface area is 184 Å². The maximum absolute atomic E-state index is 12.9. The number of ether oxygens (including phenoxy) is 1. The van der Waals surface area contributed by atoms with Gasteiger partial charge < -0.3 is 14.2 Å². The quantitative estimate of drug-likeness (QED) is 0.599. The zero-order valence-corrected chi connectivity index (χ0v) is 18.2. The molecule has 1 saturated heterocycles. The highest BCUT2D eigenvalue weighted by molar-refractivity contribution is 6.30. The van der Waals surface area contributed by atoms with Crippen molar-refractivity contribution in [2.75, 3.05) is 18.0 Å². The van der Waals surface area contributed by atoms with Gasteiger partial charge in [0, 0.05) is 36.8 Å². The van der Waals surface area contributed by atoms with Gasteiger partial charge in [-0.25, -0.2) is 4.68 Å². The number of hydrogen-bond acceptors (Lipinski definition) is 7. The Morgan fingerprint density at radius 2 is 1.94 bits per heavy atom. The highest BCUT2D eigenvalue weighted by Gasteiger charge is 2.33. The fourth-order valence-electron chi connectivity index (χ4n) is 4.11. The highest BCUT2D eigenvalue weighted by atomic mass is 35.5. The molecule has 2 atom stereocenters. The number of morpholine rings is 1. The van der Waals surface area contributed by atoms with Gasteiger partial charge in [0.1, 0.15) is 11.5 Å². The van der Waals surface area contributed by atoms with Crippen molar-refractivity contribution in [3.63, 3.8) is 0 Å². The number of anilines is 1. The molecule has 162 valence electrons. The molecule has 1 saturated carbocycles. The molecule has 3 aromatic heterocycles. The Bertz CT molecular complexity index is 1130. The second-order valence-electron chi connectivity index (χ2n) is 8.38. The molecule has 0 unspecified atom stereocenters. The van der Waals surface area contributed by atoms with Crippen LogP contribution in [0.3, 0.4) is 0 Å². The molecule has 0 bridgehead atoms. The number of rotatable bonds is 5. The largest absolute Gasteiger partial charge is 0.372 e. The number of hydrogen-bond donors (Lipinski definition) is 0. The summed E-state index contributed by atoms with van der Waals surface area (Å²) in [7, 11) is 0. The van der Waals surface area contributed by atoms with E-state index in [0.717, 1.165) is 42.9 Å². The van der Waals surface area contributed by atoms with Gasteiger partial charge in [0.2, 0.25) is 0 Å². The first-order chi connectivity index (χ1) is 15.0. The minimum atomic E-state index is -0.165. The number of halogens is 1. The van der Waals surface area contributed by atoms with E-state index in [9.17, 15) is 4.79 Å². The van der Waals surface area contributed by atoms with E-state index in [1.165, 1.54) is 4.68 Å².